The van der Waals surface area contributed by atoms with Gasteiger partial charge in [-0.2, -0.15) is 0 Å². The summed E-state index contributed by atoms with van der Waals surface area (Å²) in [6.45, 7) is 1.88. The number of hydrogen-bond donors (Lipinski definition) is 1. The molecule has 0 aliphatic heterocycles. The average Bonchev–Trinajstić information content (AvgIpc) is 2.55. The average molecular weight is 332 g/mol. The first-order valence-electron chi connectivity index (χ1n) is 7.21. The Morgan fingerprint density at radius 1 is 1.04 bits per heavy atom. The van der Waals surface area contributed by atoms with Gasteiger partial charge in [0.15, 0.2) is 0 Å². The third kappa shape index (κ3) is 3.97. The van der Waals surface area contributed by atoms with Crippen molar-refractivity contribution in [3.8, 4) is 0 Å². The van der Waals surface area contributed by atoms with Crippen molar-refractivity contribution >= 4 is 15.9 Å². The summed E-state index contributed by atoms with van der Waals surface area (Å²) in [4.78, 5) is 12.5. The minimum absolute atomic E-state index is 0.0996. The topological polar surface area (TPSA) is 66.5 Å². The van der Waals surface area contributed by atoms with Gasteiger partial charge in [-0.1, -0.05) is 36.4 Å². The minimum Gasteiger partial charge on any atom is -0.346 e. The van der Waals surface area contributed by atoms with Gasteiger partial charge in [-0.25, -0.2) is 12.7 Å². The predicted octanol–water partition coefficient (Wildman–Crippen LogP) is 2.43. The quantitative estimate of drug-likeness (QED) is 0.914. The van der Waals surface area contributed by atoms with Crippen LogP contribution in [0.25, 0.3) is 0 Å². The normalized spacial score (nSPS) is 12.9. The van der Waals surface area contributed by atoms with Gasteiger partial charge in [0.05, 0.1) is 10.9 Å². The zero-order valence-electron chi connectivity index (χ0n) is 13.4. The first kappa shape index (κ1) is 17.2. The number of hydrogen-bond acceptors (Lipinski definition) is 3. The fraction of sp³-hybridized carbons (Fsp3) is 0.235. The van der Waals surface area contributed by atoms with Crippen molar-refractivity contribution in [1.29, 1.82) is 0 Å². The van der Waals surface area contributed by atoms with Crippen LogP contribution in [0, 0.1) is 0 Å². The standard InChI is InChI=1S/C17H20N2O3S/c1-13(14-8-5-4-6-9-14)18-17(20)15-10-7-11-16(12-15)23(21,22)19(2)3/h4-13H,1-3H3,(H,18,20). The number of nitrogens with zero attached hydrogens (tertiary/aromatic N) is 1. The molecule has 2 aromatic rings. The third-order valence-electron chi connectivity index (χ3n) is 3.52. The Bertz CT molecular complexity index is 786. The van der Waals surface area contributed by atoms with Crippen LogP contribution in [0.1, 0.15) is 28.9 Å². The number of benzene rings is 2. The molecule has 122 valence electrons. The lowest BCUT2D eigenvalue weighted by Gasteiger charge is -2.15. The highest BCUT2D eigenvalue weighted by atomic mass is 32.2. The van der Waals surface area contributed by atoms with Crippen molar-refractivity contribution in [3.05, 3.63) is 65.7 Å². The van der Waals surface area contributed by atoms with E-state index < -0.39 is 10.0 Å². The van der Waals surface area contributed by atoms with E-state index >= 15 is 0 Å². The van der Waals surface area contributed by atoms with Gasteiger partial charge < -0.3 is 5.32 Å². The van der Waals surface area contributed by atoms with E-state index in [-0.39, 0.29) is 16.8 Å². The summed E-state index contributed by atoms with van der Waals surface area (Å²) in [6.07, 6.45) is 0. The second-order valence-electron chi connectivity index (χ2n) is 5.42. The summed E-state index contributed by atoms with van der Waals surface area (Å²) in [6, 6.07) is 15.4. The zero-order chi connectivity index (χ0) is 17.0. The molecule has 2 aromatic carbocycles. The van der Waals surface area contributed by atoms with Crippen LogP contribution >= 0.6 is 0 Å². The summed E-state index contributed by atoms with van der Waals surface area (Å²) in [5.41, 5.74) is 1.30. The van der Waals surface area contributed by atoms with Crippen molar-refractivity contribution in [3.63, 3.8) is 0 Å². The molecule has 1 N–H and O–H groups in total. The van der Waals surface area contributed by atoms with E-state index in [9.17, 15) is 13.2 Å². The Kier molecular flexibility index (Phi) is 5.18. The fourth-order valence-corrected chi connectivity index (χ4v) is 3.06. The Morgan fingerprint density at radius 3 is 2.30 bits per heavy atom. The Balaban J connectivity index is 2.21. The molecule has 6 heteroatoms. The maximum atomic E-state index is 12.4. The number of amides is 1. The van der Waals surface area contributed by atoms with Crippen LogP contribution < -0.4 is 5.32 Å². The van der Waals surface area contributed by atoms with Gasteiger partial charge in [-0.05, 0) is 30.7 Å². The van der Waals surface area contributed by atoms with Crippen LogP contribution in [0.3, 0.4) is 0 Å². The SMILES string of the molecule is CC(NC(=O)c1cccc(S(=O)(=O)N(C)C)c1)c1ccccc1. The largest absolute Gasteiger partial charge is 0.346 e. The molecule has 0 aliphatic rings. The molecule has 2 rings (SSSR count). The molecule has 23 heavy (non-hydrogen) atoms. The maximum absolute atomic E-state index is 12.4. The van der Waals surface area contributed by atoms with Crippen LogP contribution in [0.2, 0.25) is 0 Å². The van der Waals surface area contributed by atoms with E-state index in [1.165, 1.54) is 26.2 Å². The van der Waals surface area contributed by atoms with Gasteiger partial charge >= 0.3 is 0 Å². The van der Waals surface area contributed by atoms with Gasteiger partial charge in [0.2, 0.25) is 10.0 Å². The van der Waals surface area contributed by atoms with E-state index in [0.29, 0.717) is 5.56 Å². The Hall–Kier alpha value is -2.18. The van der Waals surface area contributed by atoms with Crippen LogP contribution in [-0.2, 0) is 10.0 Å². The summed E-state index contributed by atoms with van der Waals surface area (Å²) >= 11 is 0. The van der Waals surface area contributed by atoms with Gasteiger partial charge in [0.1, 0.15) is 0 Å². The molecule has 1 atom stereocenters. The summed E-state index contributed by atoms with van der Waals surface area (Å²) in [5.74, 6) is -0.308. The number of carbonyl (C=O) groups excluding carboxylic acids is 1. The van der Waals surface area contributed by atoms with E-state index in [2.05, 4.69) is 5.32 Å². The molecule has 5 nitrogen and oxygen atoms in total. The molecule has 0 saturated carbocycles. The molecule has 0 bridgehead atoms. The fourth-order valence-electron chi connectivity index (χ4n) is 2.11. The highest BCUT2D eigenvalue weighted by molar-refractivity contribution is 7.89. The van der Waals surface area contributed by atoms with Crippen molar-refractivity contribution in [1.82, 2.24) is 9.62 Å². The molecule has 0 aromatic heterocycles. The summed E-state index contributed by atoms with van der Waals surface area (Å²) < 4.78 is 25.4. The molecule has 1 amide bonds. The Morgan fingerprint density at radius 2 is 1.70 bits per heavy atom. The molecule has 0 saturated heterocycles. The molecule has 0 spiro atoms. The van der Waals surface area contributed by atoms with E-state index in [1.54, 1.807) is 12.1 Å². The maximum Gasteiger partial charge on any atom is 0.251 e. The lowest BCUT2D eigenvalue weighted by molar-refractivity contribution is 0.0939. The zero-order valence-corrected chi connectivity index (χ0v) is 14.2. The van der Waals surface area contributed by atoms with Gasteiger partial charge in [0, 0.05) is 19.7 Å². The van der Waals surface area contributed by atoms with E-state index in [4.69, 9.17) is 0 Å². The monoisotopic (exact) mass is 332 g/mol. The molecular formula is C17H20N2O3S. The number of nitrogens with one attached hydrogen (secondary N) is 1. The molecule has 0 heterocycles. The molecule has 0 fully saturated rings. The predicted molar refractivity (Wildman–Crippen MR) is 89.6 cm³/mol. The van der Waals surface area contributed by atoms with Gasteiger partial charge in [-0.3, -0.25) is 4.79 Å². The van der Waals surface area contributed by atoms with Crippen molar-refractivity contribution < 1.29 is 13.2 Å². The van der Waals surface area contributed by atoms with E-state index in [0.717, 1.165) is 9.87 Å². The first-order chi connectivity index (χ1) is 10.8. The number of carbonyl (C=O) groups is 1. The van der Waals surface area contributed by atoms with Crippen LogP contribution in [0.4, 0.5) is 0 Å². The Labute approximate surface area is 137 Å². The van der Waals surface area contributed by atoms with Crippen LogP contribution in [0.15, 0.2) is 59.5 Å². The molecule has 0 aliphatic carbocycles. The molecular weight excluding hydrogens is 312 g/mol. The molecule has 1 unspecified atom stereocenters. The smallest absolute Gasteiger partial charge is 0.251 e. The van der Waals surface area contributed by atoms with Gasteiger partial charge in [0.25, 0.3) is 5.91 Å². The number of sulfonamides is 1. The highest BCUT2D eigenvalue weighted by Crippen LogP contribution is 2.16. The van der Waals surface area contributed by atoms with Crippen molar-refractivity contribution in [2.45, 2.75) is 17.9 Å². The van der Waals surface area contributed by atoms with Crippen molar-refractivity contribution in [2.75, 3.05) is 14.1 Å². The second kappa shape index (κ2) is 6.93. The third-order valence-corrected chi connectivity index (χ3v) is 5.33. The van der Waals surface area contributed by atoms with Crippen LogP contribution in [0.5, 0.6) is 0 Å². The summed E-state index contributed by atoms with van der Waals surface area (Å²) in [5, 5.41) is 2.87. The van der Waals surface area contributed by atoms with Crippen molar-refractivity contribution in [2.24, 2.45) is 0 Å². The summed E-state index contributed by atoms with van der Waals surface area (Å²) in [7, 11) is -0.644. The minimum atomic E-state index is -3.56. The number of rotatable bonds is 5. The highest BCUT2D eigenvalue weighted by Gasteiger charge is 2.19. The van der Waals surface area contributed by atoms with Crippen LogP contribution in [-0.4, -0.2) is 32.7 Å². The molecule has 0 radical (unpaired) electrons. The first-order valence-corrected chi connectivity index (χ1v) is 8.65. The second-order valence-corrected chi connectivity index (χ2v) is 7.57. The van der Waals surface area contributed by atoms with E-state index in [1.807, 2.05) is 37.3 Å². The lowest BCUT2D eigenvalue weighted by atomic mass is 10.1. The lowest BCUT2D eigenvalue weighted by Crippen LogP contribution is -2.27. The van der Waals surface area contributed by atoms with Gasteiger partial charge in [-0.15, -0.1) is 0 Å².